The zero-order chi connectivity index (χ0) is 26.9. The zero-order valence-corrected chi connectivity index (χ0v) is 22.9. The number of unbranched alkanes of at least 4 members (excludes halogenated alkanes) is 17. The molecule has 8 heteroatoms. The summed E-state index contributed by atoms with van der Waals surface area (Å²) in [4.78, 5) is 36.1. The number of aliphatic carboxylic acids is 3. The van der Waals surface area contributed by atoms with Crippen LogP contribution in [0.15, 0.2) is 0 Å². The molecule has 8 nitrogen and oxygen atoms in total. The lowest BCUT2D eigenvalue weighted by Gasteiger charge is -2.24. The first-order chi connectivity index (χ1) is 17.3. The molecule has 3 N–H and O–H groups in total. The fourth-order valence-corrected chi connectivity index (χ4v) is 4.58. The van der Waals surface area contributed by atoms with Gasteiger partial charge in [-0.15, -0.1) is 0 Å². The molecule has 0 atom stereocenters. The van der Waals surface area contributed by atoms with Crippen LogP contribution in [0.5, 0.6) is 0 Å². The molecular weight excluding hydrogens is 460 g/mol. The van der Waals surface area contributed by atoms with Gasteiger partial charge in [0.1, 0.15) is 0 Å². The predicted molar refractivity (Wildman–Crippen MR) is 145 cm³/mol. The smallest absolute Gasteiger partial charge is 0.317 e. The van der Waals surface area contributed by atoms with Crippen LogP contribution >= 0.6 is 0 Å². The van der Waals surface area contributed by atoms with Crippen LogP contribution in [0.1, 0.15) is 122 Å². The van der Waals surface area contributed by atoms with Crippen LogP contribution < -0.4 is 0 Å². The van der Waals surface area contributed by atoms with Gasteiger partial charge in [0.15, 0.2) is 0 Å². The van der Waals surface area contributed by atoms with E-state index in [9.17, 15) is 14.4 Å². The summed E-state index contributed by atoms with van der Waals surface area (Å²) in [7, 11) is 0. The van der Waals surface area contributed by atoms with Gasteiger partial charge < -0.3 is 15.3 Å². The summed E-state index contributed by atoms with van der Waals surface area (Å²) in [5, 5.41) is 27.0. The molecule has 0 heterocycles. The van der Waals surface area contributed by atoms with Crippen LogP contribution in [0.3, 0.4) is 0 Å². The average molecular weight is 515 g/mol. The van der Waals surface area contributed by atoms with Gasteiger partial charge in [-0.25, -0.2) is 0 Å². The topological polar surface area (TPSA) is 118 Å². The Kier molecular flexibility index (Phi) is 23.8. The van der Waals surface area contributed by atoms with Crippen LogP contribution in [-0.4, -0.2) is 82.3 Å². The summed E-state index contributed by atoms with van der Waals surface area (Å²) in [5.41, 5.74) is 0. The van der Waals surface area contributed by atoms with Gasteiger partial charge in [-0.2, -0.15) is 0 Å². The number of nitrogens with zero attached hydrogens (tertiary/aromatic N) is 2. The van der Waals surface area contributed by atoms with E-state index in [1.165, 1.54) is 101 Å². The van der Waals surface area contributed by atoms with Crippen molar-refractivity contribution < 1.29 is 29.7 Å². The summed E-state index contributed by atoms with van der Waals surface area (Å²) >= 11 is 0. The Morgan fingerprint density at radius 2 is 0.694 bits per heavy atom. The van der Waals surface area contributed by atoms with Crippen molar-refractivity contribution in [2.24, 2.45) is 0 Å². The fourth-order valence-electron chi connectivity index (χ4n) is 4.58. The van der Waals surface area contributed by atoms with Gasteiger partial charge in [0.2, 0.25) is 0 Å². The molecule has 0 saturated carbocycles. The predicted octanol–water partition coefficient (Wildman–Crippen LogP) is 5.89. The minimum Gasteiger partial charge on any atom is -0.480 e. The molecule has 0 rings (SSSR count). The number of carboxylic acid groups (broad SMARTS) is 3. The highest BCUT2D eigenvalue weighted by atomic mass is 16.4. The summed E-state index contributed by atoms with van der Waals surface area (Å²) in [6, 6.07) is 0. The lowest BCUT2D eigenvalue weighted by atomic mass is 10.0. The maximum atomic E-state index is 11.2. The zero-order valence-electron chi connectivity index (χ0n) is 22.9. The van der Waals surface area contributed by atoms with Gasteiger partial charge in [-0.05, 0) is 13.0 Å². The number of carboxylic acids is 3. The Balaban J connectivity index is 3.72. The first-order valence-corrected chi connectivity index (χ1v) is 14.4. The van der Waals surface area contributed by atoms with Gasteiger partial charge in [0.25, 0.3) is 0 Å². The van der Waals surface area contributed by atoms with E-state index in [0.717, 1.165) is 19.3 Å². The van der Waals surface area contributed by atoms with Gasteiger partial charge in [0.05, 0.1) is 19.6 Å². The van der Waals surface area contributed by atoms with Crippen LogP contribution in [-0.2, 0) is 14.4 Å². The molecule has 0 bridgehead atoms. The molecule has 0 aliphatic carbocycles. The Bertz CT molecular complexity index is 542. The van der Waals surface area contributed by atoms with E-state index in [4.69, 9.17) is 15.3 Å². The number of hydrogen-bond acceptors (Lipinski definition) is 5. The second kappa shape index (κ2) is 25.0. The van der Waals surface area contributed by atoms with E-state index in [2.05, 4.69) is 6.92 Å². The third-order valence-corrected chi connectivity index (χ3v) is 6.64. The van der Waals surface area contributed by atoms with E-state index in [1.54, 1.807) is 4.90 Å². The van der Waals surface area contributed by atoms with E-state index >= 15 is 0 Å². The van der Waals surface area contributed by atoms with E-state index in [1.807, 2.05) is 0 Å². The van der Waals surface area contributed by atoms with E-state index < -0.39 is 17.9 Å². The van der Waals surface area contributed by atoms with Crippen molar-refractivity contribution in [3.05, 3.63) is 0 Å². The molecule has 0 aliphatic rings. The summed E-state index contributed by atoms with van der Waals surface area (Å²) in [6.07, 6.45) is 23.4. The second-order valence-corrected chi connectivity index (χ2v) is 10.2. The number of hydrogen-bond donors (Lipinski definition) is 3. The highest BCUT2D eigenvalue weighted by Gasteiger charge is 2.16. The molecule has 0 radical (unpaired) electrons. The van der Waals surface area contributed by atoms with Crippen molar-refractivity contribution in [3.63, 3.8) is 0 Å². The Morgan fingerprint density at radius 1 is 0.417 bits per heavy atom. The third kappa shape index (κ3) is 25.4. The number of rotatable bonds is 28. The van der Waals surface area contributed by atoms with Gasteiger partial charge in [-0.1, -0.05) is 116 Å². The Hall–Kier alpha value is -1.67. The monoisotopic (exact) mass is 514 g/mol. The lowest BCUT2D eigenvalue weighted by molar-refractivity contribution is -0.143. The molecule has 0 aliphatic heterocycles. The van der Waals surface area contributed by atoms with Gasteiger partial charge in [-0.3, -0.25) is 24.2 Å². The summed E-state index contributed by atoms with van der Waals surface area (Å²) in [6.45, 7) is 2.58. The molecular formula is C28H54N2O6. The molecule has 0 saturated heterocycles. The third-order valence-electron chi connectivity index (χ3n) is 6.64. The standard InChI is InChI=1S/C28H54N2O6/c1-2-3-4-5-6-7-8-9-10-11-12-13-14-15-16-17-18-19-20-29(23-26(31)32)21-22-30(24-27(33)34)25-28(35)36/h2-25H2,1H3,(H,31,32)(H,33,34)(H,35,36). The molecule has 0 unspecified atom stereocenters. The normalized spacial score (nSPS) is 11.4. The quantitative estimate of drug-likeness (QED) is 0.111. The summed E-state index contributed by atoms with van der Waals surface area (Å²) < 4.78 is 0. The van der Waals surface area contributed by atoms with Gasteiger partial charge >= 0.3 is 17.9 Å². The van der Waals surface area contributed by atoms with Crippen LogP contribution in [0, 0.1) is 0 Å². The van der Waals surface area contributed by atoms with Crippen molar-refractivity contribution >= 4 is 17.9 Å². The van der Waals surface area contributed by atoms with Crippen molar-refractivity contribution in [1.82, 2.24) is 9.80 Å². The maximum absolute atomic E-state index is 11.2. The largest absolute Gasteiger partial charge is 0.480 e. The van der Waals surface area contributed by atoms with Crippen molar-refractivity contribution in [1.29, 1.82) is 0 Å². The molecule has 0 fully saturated rings. The maximum Gasteiger partial charge on any atom is 0.317 e. The second-order valence-electron chi connectivity index (χ2n) is 10.2. The minimum absolute atomic E-state index is 0.118. The van der Waals surface area contributed by atoms with Crippen LogP contribution in [0.25, 0.3) is 0 Å². The lowest BCUT2D eigenvalue weighted by Crippen LogP contribution is -2.42. The molecule has 0 aromatic rings. The van der Waals surface area contributed by atoms with Crippen LogP contribution in [0.2, 0.25) is 0 Å². The summed E-state index contributed by atoms with van der Waals surface area (Å²) in [5.74, 6) is -3.12. The fraction of sp³-hybridized carbons (Fsp3) is 0.893. The highest BCUT2D eigenvalue weighted by Crippen LogP contribution is 2.14. The average Bonchev–Trinajstić information content (AvgIpc) is 2.80. The van der Waals surface area contributed by atoms with Crippen molar-refractivity contribution in [2.45, 2.75) is 122 Å². The molecule has 0 spiro atoms. The Labute approximate surface area is 219 Å². The van der Waals surface area contributed by atoms with Crippen LogP contribution in [0.4, 0.5) is 0 Å². The highest BCUT2D eigenvalue weighted by molar-refractivity contribution is 5.72. The van der Waals surface area contributed by atoms with Crippen molar-refractivity contribution in [3.8, 4) is 0 Å². The SMILES string of the molecule is CCCCCCCCCCCCCCCCCCCCN(CCN(CC(=O)O)CC(=O)O)CC(=O)O. The van der Waals surface area contributed by atoms with Gasteiger partial charge in [0, 0.05) is 13.1 Å². The van der Waals surface area contributed by atoms with E-state index in [0.29, 0.717) is 13.1 Å². The molecule has 0 aromatic carbocycles. The molecule has 0 aromatic heterocycles. The Morgan fingerprint density at radius 3 is 1.03 bits per heavy atom. The first kappa shape index (κ1) is 34.3. The molecule has 0 amide bonds. The number of carbonyl (C=O) groups is 3. The van der Waals surface area contributed by atoms with E-state index in [-0.39, 0.29) is 26.2 Å². The minimum atomic E-state index is -1.09. The molecule has 212 valence electrons. The van der Waals surface area contributed by atoms with Crippen molar-refractivity contribution in [2.75, 3.05) is 39.3 Å². The first-order valence-electron chi connectivity index (χ1n) is 14.4. The molecule has 36 heavy (non-hydrogen) atoms.